The Hall–Kier alpha value is -1.36. The summed E-state index contributed by atoms with van der Waals surface area (Å²) in [6, 6.07) is 0. The smallest absolute Gasteiger partial charge is 0.137 e. The van der Waals surface area contributed by atoms with Crippen LogP contribution in [0, 0.1) is 13.8 Å². The molecule has 0 saturated carbocycles. The minimum Gasteiger partial charge on any atom is -0.383 e. The van der Waals surface area contributed by atoms with E-state index in [4.69, 9.17) is 10.5 Å². The Morgan fingerprint density at radius 2 is 1.58 bits per heavy atom. The van der Waals surface area contributed by atoms with E-state index in [2.05, 4.69) is 42.6 Å². The average Bonchev–Trinajstić information content (AvgIpc) is 2.18. The second-order valence-corrected chi connectivity index (χ2v) is 6.58. The third kappa shape index (κ3) is 2.97. The standard InChI is InChI=1S/C14H24N4O/c1-9-11(15)16-10(2)17-12(9)18-7-13(3,4)19-14(5,6)8-18/h7-8H2,1-6H3,(H2,15,16,17). The second kappa shape index (κ2) is 4.34. The Balaban J connectivity index is 2.41. The van der Waals surface area contributed by atoms with E-state index >= 15 is 0 Å². The number of morpholine rings is 1. The maximum Gasteiger partial charge on any atom is 0.137 e. The Kier molecular flexibility index (Phi) is 3.21. The van der Waals surface area contributed by atoms with Gasteiger partial charge in [0.15, 0.2) is 0 Å². The average molecular weight is 264 g/mol. The molecule has 106 valence electrons. The van der Waals surface area contributed by atoms with E-state index in [0.29, 0.717) is 11.6 Å². The van der Waals surface area contributed by atoms with Crippen molar-refractivity contribution in [2.45, 2.75) is 52.7 Å². The zero-order valence-electron chi connectivity index (χ0n) is 12.7. The van der Waals surface area contributed by atoms with E-state index in [1.807, 2.05) is 13.8 Å². The predicted molar refractivity (Wildman–Crippen MR) is 77.4 cm³/mol. The SMILES string of the molecule is Cc1nc(N)c(C)c(N2CC(C)(C)OC(C)(C)C2)n1. The number of hydrogen-bond donors (Lipinski definition) is 1. The van der Waals surface area contributed by atoms with Crippen LogP contribution in [-0.2, 0) is 4.74 Å². The van der Waals surface area contributed by atoms with Gasteiger partial charge in [0.05, 0.1) is 11.2 Å². The highest BCUT2D eigenvalue weighted by Crippen LogP contribution is 2.32. The van der Waals surface area contributed by atoms with Crippen molar-refractivity contribution in [3.05, 3.63) is 11.4 Å². The third-order valence-electron chi connectivity index (χ3n) is 3.26. The molecule has 1 saturated heterocycles. The number of rotatable bonds is 1. The van der Waals surface area contributed by atoms with Crippen molar-refractivity contribution in [3.63, 3.8) is 0 Å². The molecule has 0 aliphatic carbocycles. The van der Waals surface area contributed by atoms with Gasteiger partial charge in [-0.2, -0.15) is 0 Å². The Bertz CT molecular complexity index is 480. The van der Waals surface area contributed by atoms with Crippen LogP contribution >= 0.6 is 0 Å². The lowest BCUT2D eigenvalue weighted by Crippen LogP contribution is -2.57. The zero-order valence-corrected chi connectivity index (χ0v) is 12.7. The van der Waals surface area contributed by atoms with Crippen LogP contribution in [0.25, 0.3) is 0 Å². The topological polar surface area (TPSA) is 64.3 Å². The summed E-state index contributed by atoms with van der Waals surface area (Å²) in [7, 11) is 0. The van der Waals surface area contributed by atoms with Gasteiger partial charge in [0.25, 0.3) is 0 Å². The number of anilines is 2. The van der Waals surface area contributed by atoms with Crippen LogP contribution in [-0.4, -0.2) is 34.3 Å². The molecule has 0 atom stereocenters. The highest BCUT2D eigenvalue weighted by molar-refractivity contribution is 5.57. The number of ether oxygens (including phenoxy) is 1. The molecule has 0 bridgehead atoms. The van der Waals surface area contributed by atoms with Crippen LogP contribution in [0.2, 0.25) is 0 Å². The fourth-order valence-corrected chi connectivity index (χ4v) is 2.88. The van der Waals surface area contributed by atoms with E-state index in [9.17, 15) is 0 Å². The lowest BCUT2D eigenvalue weighted by molar-refractivity contribution is -0.133. The highest BCUT2D eigenvalue weighted by Gasteiger charge is 2.39. The molecule has 5 heteroatoms. The van der Waals surface area contributed by atoms with Gasteiger partial charge in [-0.3, -0.25) is 0 Å². The minimum absolute atomic E-state index is 0.207. The Morgan fingerprint density at radius 3 is 2.11 bits per heavy atom. The summed E-state index contributed by atoms with van der Waals surface area (Å²) < 4.78 is 6.10. The van der Waals surface area contributed by atoms with Gasteiger partial charge in [0.2, 0.25) is 0 Å². The van der Waals surface area contributed by atoms with E-state index < -0.39 is 0 Å². The molecular formula is C14H24N4O. The molecule has 2 N–H and O–H groups in total. The quantitative estimate of drug-likeness (QED) is 0.841. The number of nitrogen functional groups attached to an aromatic ring is 1. The highest BCUT2D eigenvalue weighted by atomic mass is 16.5. The first-order valence-corrected chi connectivity index (χ1v) is 6.65. The lowest BCUT2D eigenvalue weighted by atomic mass is 9.98. The summed E-state index contributed by atoms with van der Waals surface area (Å²) in [6.45, 7) is 13.9. The molecule has 1 aromatic rings. The summed E-state index contributed by atoms with van der Waals surface area (Å²) in [5, 5.41) is 0. The molecule has 0 radical (unpaired) electrons. The third-order valence-corrected chi connectivity index (χ3v) is 3.26. The minimum atomic E-state index is -0.207. The second-order valence-electron chi connectivity index (χ2n) is 6.58. The molecule has 0 unspecified atom stereocenters. The molecular weight excluding hydrogens is 240 g/mol. The summed E-state index contributed by atoms with van der Waals surface area (Å²) >= 11 is 0. The number of aromatic nitrogens is 2. The molecule has 0 spiro atoms. The van der Waals surface area contributed by atoms with E-state index in [1.54, 1.807) is 0 Å². The number of nitrogens with zero attached hydrogens (tertiary/aromatic N) is 3. The van der Waals surface area contributed by atoms with Crippen molar-refractivity contribution in [1.82, 2.24) is 9.97 Å². The summed E-state index contributed by atoms with van der Waals surface area (Å²) in [5.41, 5.74) is 6.48. The normalized spacial score (nSPS) is 21.5. The fraction of sp³-hybridized carbons (Fsp3) is 0.714. The predicted octanol–water partition coefficient (Wildman–Crippen LogP) is 2.07. The van der Waals surface area contributed by atoms with Gasteiger partial charge in [-0.1, -0.05) is 0 Å². The van der Waals surface area contributed by atoms with Crippen LogP contribution in [0.15, 0.2) is 0 Å². The van der Waals surface area contributed by atoms with Crippen molar-refractivity contribution < 1.29 is 4.74 Å². The van der Waals surface area contributed by atoms with Gasteiger partial charge in [0.1, 0.15) is 17.5 Å². The van der Waals surface area contributed by atoms with Gasteiger partial charge >= 0.3 is 0 Å². The summed E-state index contributed by atoms with van der Waals surface area (Å²) in [6.07, 6.45) is 0. The Morgan fingerprint density at radius 1 is 1.05 bits per heavy atom. The van der Waals surface area contributed by atoms with Crippen LogP contribution in [0.5, 0.6) is 0 Å². The van der Waals surface area contributed by atoms with Crippen LogP contribution in [0.1, 0.15) is 39.1 Å². The molecule has 0 amide bonds. The first-order valence-electron chi connectivity index (χ1n) is 6.65. The maximum atomic E-state index is 6.10. The molecule has 1 aromatic heterocycles. The molecule has 0 aromatic carbocycles. The molecule has 1 aliphatic heterocycles. The Labute approximate surface area is 115 Å². The van der Waals surface area contributed by atoms with Gasteiger partial charge in [0, 0.05) is 18.7 Å². The van der Waals surface area contributed by atoms with Crippen molar-refractivity contribution in [1.29, 1.82) is 0 Å². The van der Waals surface area contributed by atoms with Crippen LogP contribution in [0.3, 0.4) is 0 Å². The van der Waals surface area contributed by atoms with E-state index in [1.165, 1.54) is 0 Å². The van der Waals surface area contributed by atoms with Gasteiger partial charge in [-0.05, 0) is 41.5 Å². The summed E-state index contributed by atoms with van der Waals surface area (Å²) in [4.78, 5) is 11.0. The maximum absolute atomic E-state index is 6.10. The largest absolute Gasteiger partial charge is 0.383 e. The van der Waals surface area contributed by atoms with E-state index in [0.717, 1.165) is 24.5 Å². The molecule has 19 heavy (non-hydrogen) atoms. The van der Waals surface area contributed by atoms with Crippen molar-refractivity contribution in [2.75, 3.05) is 23.7 Å². The molecule has 2 heterocycles. The first-order chi connectivity index (χ1) is 8.60. The van der Waals surface area contributed by atoms with Gasteiger partial charge < -0.3 is 15.4 Å². The monoisotopic (exact) mass is 264 g/mol. The van der Waals surface area contributed by atoms with E-state index in [-0.39, 0.29) is 11.2 Å². The molecule has 2 rings (SSSR count). The molecule has 5 nitrogen and oxygen atoms in total. The number of hydrogen-bond acceptors (Lipinski definition) is 5. The van der Waals surface area contributed by atoms with Crippen LogP contribution in [0.4, 0.5) is 11.6 Å². The molecule has 1 aliphatic rings. The zero-order chi connectivity index (χ0) is 14.4. The van der Waals surface area contributed by atoms with Gasteiger partial charge in [-0.15, -0.1) is 0 Å². The van der Waals surface area contributed by atoms with Gasteiger partial charge in [-0.25, -0.2) is 9.97 Å². The van der Waals surface area contributed by atoms with Crippen molar-refractivity contribution in [2.24, 2.45) is 0 Å². The lowest BCUT2D eigenvalue weighted by Gasteiger charge is -2.47. The van der Waals surface area contributed by atoms with Crippen molar-refractivity contribution >= 4 is 11.6 Å². The fourth-order valence-electron chi connectivity index (χ4n) is 2.88. The summed E-state index contributed by atoms with van der Waals surface area (Å²) in [5.74, 6) is 2.19. The number of aryl methyl sites for hydroxylation is 1. The number of nitrogens with two attached hydrogens (primary N) is 1. The van der Waals surface area contributed by atoms with Crippen LogP contribution < -0.4 is 10.6 Å². The molecule has 1 fully saturated rings. The first kappa shape index (κ1) is 14.1. The van der Waals surface area contributed by atoms with Crippen molar-refractivity contribution in [3.8, 4) is 0 Å².